The number of benzene rings is 2. The highest BCUT2D eigenvalue weighted by atomic mass is 35.5. The zero-order chi connectivity index (χ0) is 16.9. The molecule has 0 spiro atoms. The third-order valence-electron chi connectivity index (χ3n) is 3.69. The number of nitrogens with one attached hydrogen (secondary N) is 1. The van der Waals surface area contributed by atoms with Gasteiger partial charge >= 0.3 is 0 Å². The molecule has 0 amide bonds. The first kappa shape index (κ1) is 16.8. The summed E-state index contributed by atoms with van der Waals surface area (Å²) < 4.78 is 0. The lowest BCUT2D eigenvalue weighted by molar-refractivity contribution is 0.282. The number of aliphatic hydroxyl groups excluding tert-OH is 1. The standard InChI is InChI=1S/C19H16Cl2N2O/c20-18-6-3-14(7-19(18)21)9-23-17-8-16(10-22-11-17)15-4-1-13(12-24)2-5-15/h1-8,10-11,23-24H,9,12H2. The minimum atomic E-state index is 0.0454. The summed E-state index contributed by atoms with van der Waals surface area (Å²) in [5.74, 6) is 0. The number of aromatic nitrogens is 1. The Hall–Kier alpha value is -2.07. The average molecular weight is 359 g/mol. The van der Waals surface area contributed by atoms with Crippen molar-refractivity contribution in [2.45, 2.75) is 13.2 Å². The molecule has 3 aromatic rings. The quantitative estimate of drug-likeness (QED) is 0.661. The normalized spacial score (nSPS) is 10.6. The second kappa shape index (κ2) is 7.67. The molecule has 0 saturated heterocycles. The molecule has 0 aliphatic rings. The Kier molecular flexibility index (Phi) is 5.36. The van der Waals surface area contributed by atoms with Gasteiger partial charge in [0.15, 0.2) is 0 Å². The van der Waals surface area contributed by atoms with Crippen molar-refractivity contribution < 1.29 is 5.11 Å². The van der Waals surface area contributed by atoms with E-state index >= 15 is 0 Å². The van der Waals surface area contributed by atoms with Crippen LogP contribution in [0.5, 0.6) is 0 Å². The lowest BCUT2D eigenvalue weighted by Gasteiger charge is -2.09. The Morgan fingerprint density at radius 3 is 2.29 bits per heavy atom. The smallest absolute Gasteiger partial charge is 0.0681 e. The van der Waals surface area contributed by atoms with Crippen LogP contribution in [0, 0.1) is 0 Å². The average Bonchev–Trinajstić information content (AvgIpc) is 2.63. The molecule has 0 bridgehead atoms. The third kappa shape index (κ3) is 4.06. The molecule has 2 aromatic carbocycles. The summed E-state index contributed by atoms with van der Waals surface area (Å²) in [7, 11) is 0. The first-order chi connectivity index (χ1) is 11.7. The Labute approximate surface area is 150 Å². The molecular weight excluding hydrogens is 343 g/mol. The van der Waals surface area contributed by atoms with Crippen LogP contribution < -0.4 is 5.32 Å². The maximum Gasteiger partial charge on any atom is 0.0681 e. The number of rotatable bonds is 5. The lowest BCUT2D eigenvalue weighted by atomic mass is 10.1. The van der Waals surface area contributed by atoms with Crippen molar-refractivity contribution in [3.63, 3.8) is 0 Å². The van der Waals surface area contributed by atoms with Crippen LogP contribution in [0.1, 0.15) is 11.1 Å². The van der Waals surface area contributed by atoms with Gasteiger partial charge in [-0.1, -0.05) is 53.5 Å². The number of aliphatic hydroxyl groups is 1. The molecular formula is C19H16Cl2N2O. The van der Waals surface area contributed by atoms with E-state index in [9.17, 15) is 0 Å². The summed E-state index contributed by atoms with van der Waals surface area (Å²) in [6.45, 7) is 0.676. The van der Waals surface area contributed by atoms with Gasteiger partial charge in [0.2, 0.25) is 0 Å². The predicted molar refractivity (Wildman–Crippen MR) is 99.4 cm³/mol. The van der Waals surface area contributed by atoms with Gasteiger partial charge < -0.3 is 10.4 Å². The highest BCUT2D eigenvalue weighted by molar-refractivity contribution is 6.42. The third-order valence-corrected chi connectivity index (χ3v) is 4.43. The Bertz CT molecular complexity index is 835. The van der Waals surface area contributed by atoms with E-state index in [0.717, 1.165) is 27.9 Å². The largest absolute Gasteiger partial charge is 0.392 e. The molecule has 122 valence electrons. The van der Waals surface area contributed by atoms with Gasteiger partial charge in [-0.15, -0.1) is 0 Å². The van der Waals surface area contributed by atoms with Crippen LogP contribution in [-0.4, -0.2) is 10.1 Å². The van der Waals surface area contributed by atoms with E-state index in [1.807, 2.05) is 48.7 Å². The monoisotopic (exact) mass is 358 g/mol. The fourth-order valence-electron chi connectivity index (χ4n) is 2.35. The predicted octanol–water partition coefficient (Wildman–Crippen LogP) is 5.16. The van der Waals surface area contributed by atoms with Crippen LogP contribution in [0.3, 0.4) is 0 Å². The van der Waals surface area contributed by atoms with Gasteiger partial charge in [-0.3, -0.25) is 4.98 Å². The summed E-state index contributed by atoms with van der Waals surface area (Å²) in [5, 5.41) is 13.6. The van der Waals surface area contributed by atoms with E-state index in [2.05, 4.69) is 10.3 Å². The Morgan fingerprint density at radius 2 is 1.58 bits per heavy atom. The fraction of sp³-hybridized carbons (Fsp3) is 0.105. The van der Waals surface area contributed by atoms with Gasteiger partial charge in [0, 0.05) is 24.5 Å². The maximum absolute atomic E-state index is 9.12. The first-order valence-electron chi connectivity index (χ1n) is 7.49. The highest BCUT2D eigenvalue weighted by Gasteiger charge is 2.03. The van der Waals surface area contributed by atoms with Gasteiger partial charge in [-0.25, -0.2) is 0 Å². The molecule has 3 nitrogen and oxygen atoms in total. The van der Waals surface area contributed by atoms with Crippen molar-refractivity contribution in [3.8, 4) is 11.1 Å². The molecule has 1 aromatic heterocycles. The second-order valence-corrected chi connectivity index (χ2v) is 6.23. The van der Waals surface area contributed by atoms with Gasteiger partial charge in [-0.05, 0) is 34.9 Å². The zero-order valence-electron chi connectivity index (χ0n) is 12.8. The van der Waals surface area contributed by atoms with E-state index < -0.39 is 0 Å². The first-order valence-corrected chi connectivity index (χ1v) is 8.24. The molecule has 1 heterocycles. The fourth-order valence-corrected chi connectivity index (χ4v) is 2.67. The number of pyridine rings is 1. The highest BCUT2D eigenvalue weighted by Crippen LogP contribution is 2.24. The molecule has 0 radical (unpaired) electrons. The van der Waals surface area contributed by atoms with Gasteiger partial charge in [0.25, 0.3) is 0 Å². The van der Waals surface area contributed by atoms with E-state index in [0.29, 0.717) is 16.6 Å². The van der Waals surface area contributed by atoms with Crippen LogP contribution in [0.25, 0.3) is 11.1 Å². The molecule has 5 heteroatoms. The van der Waals surface area contributed by atoms with Crippen LogP contribution in [-0.2, 0) is 13.2 Å². The maximum atomic E-state index is 9.12. The second-order valence-electron chi connectivity index (χ2n) is 5.42. The molecule has 0 aliphatic heterocycles. The van der Waals surface area contributed by atoms with Crippen molar-refractivity contribution in [1.82, 2.24) is 4.98 Å². The van der Waals surface area contributed by atoms with Crippen LogP contribution in [0.15, 0.2) is 60.9 Å². The Balaban J connectivity index is 1.73. The summed E-state index contributed by atoms with van der Waals surface area (Å²) in [6.07, 6.45) is 3.60. The van der Waals surface area contributed by atoms with Gasteiger partial charge in [0.1, 0.15) is 0 Å². The van der Waals surface area contributed by atoms with Crippen molar-refractivity contribution in [2.75, 3.05) is 5.32 Å². The molecule has 0 atom stereocenters. The van der Waals surface area contributed by atoms with Gasteiger partial charge in [-0.2, -0.15) is 0 Å². The van der Waals surface area contributed by atoms with Crippen LogP contribution >= 0.6 is 23.2 Å². The number of hydrogen-bond acceptors (Lipinski definition) is 3. The molecule has 0 aliphatic carbocycles. The molecule has 0 saturated carbocycles. The van der Waals surface area contributed by atoms with E-state index in [4.69, 9.17) is 28.3 Å². The number of halogens is 2. The lowest BCUT2D eigenvalue weighted by Crippen LogP contribution is -2.00. The van der Waals surface area contributed by atoms with E-state index in [1.54, 1.807) is 12.3 Å². The zero-order valence-corrected chi connectivity index (χ0v) is 14.3. The van der Waals surface area contributed by atoms with Crippen LogP contribution in [0.4, 0.5) is 5.69 Å². The Morgan fingerprint density at radius 1 is 0.833 bits per heavy atom. The molecule has 0 unspecified atom stereocenters. The summed E-state index contributed by atoms with van der Waals surface area (Å²) in [5.41, 5.74) is 4.92. The van der Waals surface area contributed by atoms with Crippen molar-refractivity contribution in [1.29, 1.82) is 0 Å². The number of nitrogens with zero attached hydrogens (tertiary/aromatic N) is 1. The molecule has 24 heavy (non-hydrogen) atoms. The van der Waals surface area contributed by atoms with Crippen molar-refractivity contribution in [3.05, 3.63) is 82.1 Å². The number of hydrogen-bond donors (Lipinski definition) is 2. The van der Waals surface area contributed by atoms with Gasteiger partial charge in [0.05, 0.1) is 22.3 Å². The molecule has 2 N–H and O–H groups in total. The molecule has 0 fully saturated rings. The SMILES string of the molecule is OCc1ccc(-c2cncc(NCc3ccc(Cl)c(Cl)c3)c2)cc1. The summed E-state index contributed by atoms with van der Waals surface area (Å²) in [4.78, 5) is 4.29. The van der Waals surface area contributed by atoms with Crippen molar-refractivity contribution >= 4 is 28.9 Å². The summed E-state index contributed by atoms with van der Waals surface area (Å²) in [6, 6.07) is 15.4. The van der Waals surface area contributed by atoms with Crippen LogP contribution in [0.2, 0.25) is 10.0 Å². The minimum Gasteiger partial charge on any atom is -0.392 e. The summed E-state index contributed by atoms with van der Waals surface area (Å²) >= 11 is 12.0. The minimum absolute atomic E-state index is 0.0454. The molecule has 3 rings (SSSR count). The van der Waals surface area contributed by atoms with E-state index in [1.165, 1.54) is 0 Å². The number of anilines is 1. The topological polar surface area (TPSA) is 45.2 Å². The van der Waals surface area contributed by atoms with Crippen molar-refractivity contribution in [2.24, 2.45) is 0 Å². The van der Waals surface area contributed by atoms with E-state index in [-0.39, 0.29) is 6.61 Å².